The highest BCUT2D eigenvalue weighted by Crippen LogP contribution is 2.56. The van der Waals surface area contributed by atoms with Gasteiger partial charge in [0.15, 0.2) is 11.6 Å². The van der Waals surface area contributed by atoms with Crippen molar-refractivity contribution in [2.24, 2.45) is 17.8 Å². The minimum Gasteiger partial charge on any atom is -0.508 e. The number of phenolic OH excluding ortho intramolecular Hbond substituents is 1. The fourth-order valence-corrected chi connectivity index (χ4v) is 6.85. The van der Waals surface area contributed by atoms with Gasteiger partial charge in [-0.05, 0) is 74.6 Å². The van der Waals surface area contributed by atoms with E-state index in [4.69, 9.17) is 11.6 Å². The van der Waals surface area contributed by atoms with Gasteiger partial charge in [0.2, 0.25) is 11.8 Å². The number of rotatable bonds is 3. The summed E-state index contributed by atoms with van der Waals surface area (Å²) in [5.74, 6) is -6.44. The van der Waals surface area contributed by atoms with E-state index in [0.717, 1.165) is 28.7 Å². The maximum atomic E-state index is 14.0. The SMILES string of the molecule is CC1=CC(=O)C2=C(C[C@@H]3C(=CC[C@@H]4C(=O)N(c5ccc(C)c(Cl)c5)C(=O)[C@@H]43)[C@@H]2c2cc(OC(F)(F)F)ccc2O)C1=O. The Kier molecular flexibility index (Phi) is 6.45. The average molecular weight is 598 g/mol. The van der Waals surface area contributed by atoms with Crippen molar-refractivity contribution in [3.05, 3.63) is 87.0 Å². The van der Waals surface area contributed by atoms with Gasteiger partial charge in [-0.1, -0.05) is 29.3 Å². The van der Waals surface area contributed by atoms with Crippen LogP contribution in [0, 0.1) is 24.7 Å². The normalized spacial score (nSPS) is 25.6. The number of hydrogen-bond donors (Lipinski definition) is 1. The van der Waals surface area contributed by atoms with E-state index in [-0.39, 0.29) is 35.1 Å². The standard InChI is InChI=1S/C31H23ClF3NO6/c1-13-3-4-15(10-22(13)32)36-29(40)18-7-6-17-19(26(18)30(36)41)12-21-27(24(38)9-14(2)28(21)39)25(17)20-11-16(5-8-23(20)37)42-31(33,34)35/h3-6,8-11,18-19,25-26,37H,7,12H2,1-2H3/t18-,19+,25+,26-/m0/s1. The van der Waals surface area contributed by atoms with Crippen LogP contribution in [0.15, 0.2) is 70.8 Å². The number of allylic oxidation sites excluding steroid dienone is 6. The molecule has 11 heteroatoms. The Bertz CT molecular complexity index is 1700. The van der Waals surface area contributed by atoms with E-state index in [1.54, 1.807) is 25.1 Å². The quantitative estimate of drug-likeness (QED) is 0.269. The lowest BCUT2D eigenvalue weighted by atomic mass is 9.59. The molecule has 0 unspecified atom stereocenters. The van der Waals surface area contributed by atoms with Gasteiger partial charge < -0.3 is 9.84 Å². The summed E-state index contributed by atoms with van der Waals surface area (Å²) in [6.07, 6.45) is -2.04. The fourth-order valence-electron chi connectivity index (χ4n) is 6.67. The highest BCUT2D eigenvalue weighted by Gasteiger charge is 2.57. The predicted octanol–water partition coefficient (Wildman–Crippen LogP) is 5.89. The van der Waals surface area contributed by atoms with Gasteiger partial charge in [-0.2, -0.15) is 0 Å². The molecular weight excluding hydrogens is 575 g/mol. The number of benzene rings is 2. The van der Waals surface area contributed by atoms with Crippen molar-refractivity contribution in [3.63, 3.8) is 0 Å². The van der Waals surface area contributed by atoms with Gasteiger partial charge >= 0.3 is 6.36 Å². The zero-order valence-electron chi connectivity index (χ0n) is 22.3. The molecule has 1 N–H and O–H groups in total. The molecule has 0 spiro atoms. The van der Waals surface area contributed by atoms with Gasteiger partial charge in [0.25, 0.3) is 0 Å². The van der Waals surface area contributed by atoms with Crippen molar-refractivity contribution in [1.82, 2.24) is 0 Å². The minimum absolute atomic E-state index is 0.0182. The minimum atomic E-state index is -5.01. The number of ketones is 2. The van der Waals surface area contributed by atoms with E-state index in [2.05, 4.69) is 4.74 Å². The molecule has 0 bridgehead atoms. The number of aromatic hydroxyl groups is 1. The summed E-state index contributed by atoms with van der Waals surface area (Å²) in [4.78, 5) is 55.4. The molecule has 2 amide bonds. The van der Waals surface area contributed by atoms with Gasteiger partial charge in [-0.3, -0.25) is 19.2 Å². The number of ether oxygens (including phenoxy) is 1. The van der Waals surface area contributed by atoms with Crippen LogP contribution in [0.3, 0.4) is 0 Å². The van der Waals surface area contributed by atoms with Crippen LogP contribution in [0.5, 0.6) is 11.5 Å². The number of nitrogens with zero attached hydrogens (tertiary/aromatic N) is 1. The van der Waals surface area contributed by atoms with Crippen LogP contribution in [0.4, 0.5) is 18.9 Å². The second kappa shape index (κ2) is 9.69. The third kappa shape index (κ3) is 4.36. The first-order chi connectivity index (χ1) is 19.8. The molecule has 1 aliphatic heterocycles. The molecule has 42 heavy (non-hydrogen) atoms. The number of amides is 2. The maximum Gasteiger partial charge on any atom is 0.573 e. The molecular formula is C31H23ClF3NO6. The Hall–Kier alpha value is -4.18. The number of halogens is 4. The van der Waals surface area contributed by atoms with E-state index in [1.165, 1.54) is 19.1 Å². The van der Waals surface area contributed by atoms with E-state index >= 15 is 0 Å². The Morgan fingerprint density at radius 2 is 1.74 bits per heavy atom. The molecule has 0 aromatic heterocycles. The van der Waals surface area contributed by atoms with E-state index < -0.39 is 64.9 Å². The molecule has 0 saturated carbocycles. The average Bonchev–Trinajstić information content (AvgIpc) is 3.18. The Labute approximate surface area is 242 Å². The Morgan fingerprint density at radius 1 is 1.00 bits per heavy atom. The molecule has 6 rings (SSSR count). The molecule has 2 aromatic rings. The van der Waals surface area contributed by atoms with Crippen molar-refractivity contribution < 1.29 is 42.2 Å². The molecule has 2 aromatic carbocycles. The number of carbonyl (C=O) groups is 4. The number of phenols is 1. The first-order valence-corrected chi connectivity index (χ1v) is 13.6. The third-order valence-corrected chi connectivity index (χ3v) is 8.93. The lowest BCUT2D eigenvalue weighted by Gasteiger charge is -2.42. The van der Waals surface area contributed by atoms with Gasteiger partial charge in [0, 0.05) is 33.2 Å². The van der Waals surface area contributed by atoms with Crippen LogP contribution >= 0.6 is 11.6 Å². The monoisotopic (exact) mass is 597 g/mol. The number of hydrogen-bond acceptors (Lipinski definition) is 6. The topological polar surface area (TPSA) is 101 Å². The summed E-state index contributed by atoms with van der Waals surface area (Å²) in [6.45, 7) is 3.27. The lowest BCUT2D eigenvalue weighted by Crippen LogP contribution is -2.39. The number of fused-ring (bicyclic) bond motifs is 3. The smallest absolute Gasteiger partial charge is 0.508 e. The highest BCUT2D eigenvalue weighted by molar-refractivity contribution is 6.32. The van der Waals surface area contributed by atoms with Crippen molar-refractivity contribution in [1.29, 1.82) is 0 Å². The summed E-state index contributed by atoms with van der Waals surface area (Å²) >= 11 is 6.28. The zero-order chi connectivity index (χ0) is 30.2. The van der Waals surface area contributed by atoms with Crippen LogP contribution in [-0.4, -0.2) is 34.8 Å². The summed E-state index contributed by atoms with van der Waals surface area (Å²) in [6, 6.07) is 7.79. The third-order valence-electron chi connectivity index (χ3n) is 8.52. The predicted molar refractivity (Wildman–Crippen MR) is 145 cm³/mol. The van der Waals surface area contributed by atoms with Crippen molar-refractivity contribution in [3.8, 4) is 11.5 Å². The van der Waals surface area contributed by atoms with Gasteiger partial charge in [-0.25, -0.2) is 4.90 Å². The van der Waals surface area contributed by atoms with E-state index in [1.807, 2.05) is 0 Å². The number of anilines is 1. The number of carbonyl (C=O) groups excluding carboxylic acids is 4. The maximum absolute atomic E-state index is 14.0. The fraction of sp³-hybridized carbons (Fsp3) is 0.290. The van der Waals surface area contributed by atoms with Crippen LogP contribution in [-0.2, 0) is 19.2 Å². The summed E-state index contributed by atoms with van der Waals surface area (Å²) in [5.41, 5.74) is 1.80. The number of aryl methyl sites for hydroxylation is 1. The number of alkyl halides is 3. The molecule has 7 nitrogen and oxygen atoms in total. The van der Waals surface area contributed by atoms with Crippen LogP contribution in [0.2, 0.25) is 5.02 Å². The summed E-state index contributed by atoms with van der Waals surface area (Å²) < 4.78 is 43.3. The molecule has 4 aliphatic rings. The molecule has 216 valence electrons. The summed E-state index contributed by atoms with van der Waals surface area (Å²) in [7, 11) is 0. The van der Waals surface area contributed by atoms with Gasteiger partial charge in [0.05, 0.1) is 17.5 Å². The molecule has 3 aliphatic carbocycles. The number of imide groups is 1. The van der Waals surface area contributed by atoms with Crippen molar-refractivity contribution in [2.45, 2.75) is 39.0 Å². The van der Waals surface area contributed by atoms with Crippen LogP contribution in [0.1, 0.15) is 36.8 Å². The zero-order valence-corrected chi connectivity index (χ0v) is 23.0. The summed E-state index contributed by atoms with van der Waals surface area (Å²) in [5, 5.41) is 11.2. The van der Waals surface area contributed by atoms with E-state index in [0.29, 0.717) is 16.3 Å². The van der Waals surface area contributed by atoms with Crippen molar-refractivity contribution >= 4 is 40.7 Å². The molecule has 1 heterocycles. The first-order valence-electron chi connectivity index (χ1n) is 13.2. The molecule has 0 radical (unpaired) electrons. The lowest BCUT2D eigenvalue weighted by molar-refractivity contribution is -0.274. The van der Waals surface area contributed by atoms with Crippen LogP contribution in [0.25, 0.3) is 0 Å². The van der Waals surface area contributed by atoms with E-state index in [9.17, 15) is 37.5 Å². The van der Waals surface area contributed by atoms with Gasteiger partial charge in [0.1, 0.15) is 11.5 Å². The molecule has 4 atom stereocenters. The molecule has 1 saturated heterocycles. The second-order valence-electron chi connectivity index (χ2n) is 10.9. The molecule has 1 fully saturated rings. The highest BCUT2D eigenvalue weighted by atomic mass is 35.5. The van der Waals surface area contributed by atoms with Crippen LogP contribution < -0.4 is 9.64 Å². The first kappa shape index (κ1) is 28.0. The van der Waals surface area contributed by atoms with Gasteiger partial charge in [-0.15, -0.1) is 13.2 Å². The second-order valence-corrected chi connectivity index (χ2v) is 11.3. The largest absolute Gasteiger partial charge is 0.573 e. The van der Waals surface area contributed by atoms with Crippen molar-refractivity contribution in [2.75, 3.05) is 4.90 Å². The number of Topliss-reactive ketones (excluding diaryl/α,β-unsaturated/α-hetero) is 1. The Balaban J connectivity index is 1.49. The Morgan fingerprint density at radius 3 is 2.43 bits per heavy atom.